The molecule has 0 aliphatic carbocycles. The summed E-state index contributed by atoms with van der Waals surface area (Å²) in [4.78, 5) is 47.9. The number of benzene rings is 5. The number of Topliss-reactive ketones (excluding diaryl/α,β-unsaturated/α-hetero) is 1. The maximum atomic E-state index is 13.6. The maximum Gasteiger partial charge on any atom is 0.333 e. The average molecular weight is 815 g/mol. The van der Waals surface area contributed by atoms with Crippen molar-refractivity contribution in [1.29, 1.82) is 0 Å². The lowest BCUT2D eigenvalue weighted by Crippen LogP contribution is -2.26. The molecule has 1 N–H and O–H groups in total. The molecule has 0 saturated heterocycles. The Bertz CT molecular complexity index is 3170. The van der Waals surface area contributed by atoms with E-state index in [-0.39, 0.29) is 22.9 Å². The predicted octanol–water partition coefficient (Wildman–Crippen LogP) is 8.67. The number of carbonyl (C=O) groups is 1. The maximum absolute atomic E-state index is 13.6. The largest absolute Gasteiger partial charge is 0.508 e. The van der Waals surface area contributed by atoms with E-state index in [2.05, 4.69) is 31.1 Å². The molecule has 0 saturated carbocycles. The number of nitrogens with zero attached hydrogens (tertiary/aromatic N) is 8. The van der Waals surface area contributed by atoms with Crippen LogP contribution in [-0.4, -0.2) is 48.3 Å². The number of phenols is 1. The van der Waals surface area contributed by atoms with E-state index in [1.54, 1.807) is 32.8 Å². The minimum absolute atomic E-state index is 0.0632. The van der Waals surface area contributed by atoms with Crippen molar-refractivity contribution >= 4 is 55.6 Å². The molecule has 0 amide bonds. The first kappa shape index (κ1) is 40.6. The summed E-state index contributed by atoms with van der Waals surface area (Å²) in [5, 5.41) is 9.60. The minimum atomic E-state index is -0.140. The van der Waals surface area contributed by atoms with Crippen molar-refractivity contribution in [2.75, 3.05) is 0 Å². The first-order valence-electron chi connectivity index (χ1n) is 20.7. The fraction of sp³-hybridized carbons (Fsp3) is 0.245. The molecule has 4 aromatic heterocycles. The number of aromatic hydroxyl groups is 1. The summed E-state index contributed by atoms with van der Waals surface area (Å²) in [6, 6.07) is 38.6. The van der Waals surface area contributed by atoms with Crippen LogP contribution in [0.1, 0.15) is 57.7 Å². The van der Waals surface area contributed by atoms with Gasteiger partial charge in [0.05, 0.1) is 63.8 Å². The number of fused-ring (bicyclic) bond motifs is 4. The number of hydrogen-bond donors (Lipinski definition) is 1. The van der Waals surface area contributed by atoms with Gasteiger partial charge in [0.2, 0.25) is 0 Å². The third-order valence-corrected chi connectivity index (χ3v) is 11.1. The SMILES string of the molecule is C=C(C)n1c(=O)n(Cc2nc3ccccc3n2CCC(C)=O)c2ccccc21.CC(C)CCn1c(Cn2c(=O)n(Cc3ccc(O)cc3)c3ccccc32)nc2ccccc21. The molecular weight excluding hydrogens is 765 g/mol. The molecule has 9 rings (SSSR count). The first-order valence-corrected chi connectivity index (χ1v) is 20.7. The summed E-state index contributed by atoms with van der Waals surface area (Å²) in [5.41, 5.74) is 8.76. The number of aromatic nitrogens is 8. The van der Waals surface area contributed by atoms with E-state index < -0.39 is 0 Å². The second-order valence-corrected chi connectivity index (χ2v) is 16.0. The number of phenolic OH excluding ortho intramolecular Hbond substituents is 1. The summed E-state index contributed by atoms with van der Waals surface area (Å²) in [6.45, 7) is 14.4. The third kappa shape index (κ3) is 8.21. The molecule has 0 unspecified atom stereocenters. The topological polar surface area (TPSA) is 127 Å². The summed E-state index contributed by atoms with van der Waals surface area (Å²) in [7, 11) is 0. The van der Waals surface area contributed by atoms with Crippen LogP contribution in [0.15, 0.2) is 137 Å². The van der Waals surface area contributed by atoms with E-state index >= 15 is 0 Å². The zero-order valence-electron chi connectivity index (χ0n) is 35.0. The van der Waals surface area contributed by atoms with Gasteiger partial charge in [-0.2, -0.15) is 0 Å². The third-order valence-electron chi connectivity index (χ3n) is 11.1. The zero-order chi connectivity index (χ0) is 42.8. The molecule has 310 valence electrons. The number of allylic oxidation sites excluding steroid dienone is 1. The fourth-order valence-electron chi connectivity index (χ4n) is 8.02. The molecule has 4 heterocycles. The Morgan fingerprint density at radius 2 is 1.02 bits per heavy atom. The van der Waals surface area contributed by atoms with Gasteiger partial charge < -0.3 is 14.2 Å². The Hall–Kier alpha value is -7.21. The second-order valence-electron chi connectivity index (χ2n) is 16.0. The summed E-state index contributed by atoms with van der Waals surface area (Å²) >= 11 is 0. The van der Waals surface area contributed by atoms with E-state index in [9.17, 15) is 19.5 Å². The monoisotopic (exact) mass is 814 g/mol. The number of rotatable bonds is 13. The standard InChI is InChI=1S/C27H28N4O2.C22H22N4O2/c1-19(2)15-16-29-23-8-4-3-7-22(23)28-26(29)18-31-25-10-6-5-9-24(25)30(27(31)33)17-20-11-13-21(32)14-12-20;1-15(2)26-20-11-7-6-10-19(20)25(22(26)28)14-21-23-17-8-4-5-9-18(17)24(21)13-12-16(3)27/h3-14,19,32H,15-18H2,1-2H3;4-11H,1,12-14H2,2-3H3. The van der Waals surface area contributed by atoms with Crippen molar-refractivity contribution in [2.24, 2.45) is 5.92 Å². The highest BCUT2D eigenvalue weighted by Crippen LogP contribution is 2.23. The molecule has 0 bridgehead atoms. The van der Waals surface area contributed by atoms with Crippen molar-refractivity contribution in [1.82, 2.24) is 37.4 Å². The molecule has 0 fully saturated rings. The molecule has 5 aromatic carbocycles. The molecule has 12 nitrogen and oxygen atoms in total. The van der Waals surface area contributed by atoms with E-state index in [4.69, 9.17) is 9.97 Å². The minimum Gasteiger partial charge on any atom is -0.508 e. The van der Waals surface area contributed by atoms with Crippen LogP contribution in [0.5, 0.6) is 5.75 Å². The Morgan fingerprint density at radius 3 is 1.52 bits per heavy atom. The first-order chi connectivity index (χ1) is 29.5. The quantitative estimate of drug-likeness (QED) is 0.124. The smallest absolute Gasteiger partial charge is 0.333 e. The number of para-hydroxylation sites is 8. The van der Waals surface area contributed by atoms with Crippen molar-refractivity contribution in [3.05, 3.63) is 166 Å². The van der Waals surface area contributed by atoms with E-state index in [1.807, 2.05) is 119 Å². The number of ketones is 1. The molecule has 0 aliphatic heterocycles. The van der Waals surface area contributed by atoms with Crippen LogP contribution in [0.4, 0.5) is 0 Å². The average Bonchev–Trinajstić information content (AvgIpc) is 3.95. The van der Waals surface area contributed by atoms with Crippen molar-refractivity contribution < 1.29 is 9.90 Å². The highest BCUT2D eigenvalue weighted by Gasteiger charge is 2.20. The second kappa shape index (κ2) is 17.2. The molecule has 0 radical (unpaired) electrons. The van der Waals surface area contributed by atoms with Gasteiger partial charge >= 0.3 is 11.4 Å². The molecular formula is C49H50N8O4. The molecule has 12 heteroatoms. The molecule has 0 atom stereocenters. The van der Waals surface area contributed by atoms with Crippen LogP contribution in [0.3, 0.4) is 0 Å². The summed E-state index contributed by atoms with van der Waals surface area (Å²) < 4.78 is 11.3. The van der Waals surface area contributed by atoms with Crippen LogP contribution in [-0.2, 0) is 37.5 Å². The highest BCUT2D eigenvalue weighted by molar-refractivity contribution is 5.81. The van der Waals surface area contributed by atoms with Gasteiger partial charge in [0.1, 0.15) is 23.2 Å². The Balaban J connectivity index is 0.000000171. The van der Waals surface area contributed by atoms with Crippen LogP contribution in [0.2, 0.25) is 0 Å². The lowest BCUT2D eigenvalue weighted by Gasteiger charge is -2.11. The number of carbonyl (C=O) groups excluding carboxylic acids is 1. The molecule has 0 aliphatic rings. The van der Waals surface area contributed by atoms with Gasteiger partial charge in [-0.25, -0.2) is 19.6 Å². The van der Waals surface area contributed by atoms with Crippen LogP contribution >= 0.6 is 0 Å². The van der Waals surface area contributed by atoms with Gasteiger partial charge in [0.15, 0.2) is 0 Å². The lowest BCUT2D eigenvalue weighted by molar-refractivity contribution is -0.117. The van der Waals surface area contributed by atoms with Crippen molar-refractivity contribution in [3.63, 3.8) is 0 Å². The van der Waals surface area contributed by atoms with Crippen LogP contribution in [0.25, 0.3) is 49.8 Å². The Kier molecular flexibility index (Phi) is 11.4. The molecule has 9 aromatic rings. The molecule has 0 spiro atoms. The van der Waals surface area contributed by atoms with Gasteiger partial charge in [0, 0.05) is 25.2 Å². The van der Waals surface area contributed by atoms with E-state index in [0.29, 0.717) is 44.2 Å². The lowest BCUT2D eigenvalue weighted by atomic mass is 10.1. The fourth-order valence-corrected chi connectivity index (χ4v) is 8.02. The highest BCUT2D eigenvalue weighted by atomic mass is 16.3. The Morgan fingerprint density at radius 1 is 0.574 bits per heavy atom. The Labute approximate surface area is 352 Å². The van der Waals surface area contributed by atoms with Gasteiger partial charge in [-0.05, 0) is 92.4 Å². The van der Waals surface area contributed by atoms with Gasteiger partial charge in [-0.15, -0.1) is 0 Å². The van der Waals surface area contributed by atoms with Crippen molar-refractivity contribution in [2.45, 2.75) is 73.3 Å². The number of imidazole rings is 4. The van der Waals surface area contributed by atoms with E-state index in [1.165, 1.54) is 0 Å². The zero-order valence-corrected chi connectivity index (χ0v) is 35.0. The predicted molar refractivity (Wildman–Crippen MR) is 243 cm³/mol. The van der Waals surface area contributed by atoms with Gasteiger partial charge in [-0.1, -0.05) is 81.1 Å². The van der Waals surface area contributed by atoms with Crippen molar-refractivity contribution in [3.8, 4) is 5.75 Å². The number of aryl methyl sites for hydroxylation is 2. The molecule has 61 heavy (non-hydrogen) atoms. The van der Waals surface area contributed by atoms with Gasteiger partial charge in [-0.3, -0.25) is 23.1 Å². The van der Waals surface area contributed by atoms with Crippen LogP contribution < -0.4 is 11.4 Å². The van der Waals surface area contributed by atoms with Gasteiger partial charge in [0.25, 0.3) is 0 Å². The summed E-state index contributed by atoms with van der Waals surface area (Å²) in [6.07, 6.45) is 1.47. The van der Waals surface area contributed by atoms with Crippen LogP contribution in [0, 0.1) is 5.92 Å². The van der Waals surface area contributed by atoms with E-state index in [0.717, 1.165) is 74.3 Å². The number of hydrogen-bond acceptors (Lipinski definition) is 6. The normalized spacial score (nSPS) is 11.6. The summed E-state index contributed by atoms with van der Waals surface area (Å²) in [5.74, 6) is 2.57.